The molecule has 4 heteroatoms. The van der Waals surface area contributed by atoms with Crippen molar-refractivity contribution in [1.29, 1.82) is 0 Å². The fraction of sp³-hybridized carbons (Fsp3) is 0.636. The normalized spacial score (nSPS) is 16.1. The summed E-state index contributed by atoms with van der Waals surface area (Å²) < 4.78 is 5.59. The second kappa shape index (κ2) is 4.79. The molecule has 2 rings (SSSR count). The molecule has 0 bridgehead atoms. The van der Waals surface area contributed by atoms with Crippen molar-refractivity contribution in [1.82, 2.24) is 9.97 Å². The van der Waals surface area contributed by atoms with Gasteiger partial charge in [-0.3, -0.25) is 0 Å². The van der Waals surface area contributed by atoms with E-state index >= 15 is 0 Å². The third-order valence-corrected chi connectivity index (χ3v) is 3.35. The van der Waals surface area contributed by atoms with E-state index in [1.807, 2.05) is 6.92 Å². The van der Waals surface area contributed by atoms with Crippen LogP contribution in [0.4, 0.5) is 0 Å². The zero-order chi connectivity index (χ0) is 10.7. The van der Waals surface area contributed by atoms with Crippen LogP contribution in [0.1, 0.15) is 31.2 Å². The molecule has 0 saturated heterocycles. The molecule has 0 atom stereocenters. The van der Waals surface area contributed by atoms with E-state index in [4.69, 9.17) is 16.3 Å². The summed E-state index contributed by atoms with van der Waals surface area (Å²) in [5.41, 5.74) is 0.827. The van der Waals surface area contributed by atoms with E-state index in [2.05, 4.69) is 9.97 Å². The zero-order valence-corrected chi connectivity index (χ0v) is 9.63. The highest BCUT2D eigenvalue weighted by Crippen LogP contribution is 2.29. The van der Waals surface area contributed by atoms with Crippen molar-refractivity contribution in [2.24, 2.45) is 5.92 Å². The lowest BCUT2D eigenvalue weighted by atomic mass is 9.83. The van der Waals surface area contributed by atoms with Crippen LogP contribution in [-0.2, 0) is 0 Å². The second-order valence-electron chi connectivity index (χ2n) is 4.03. The monoisotopic (exact) mass is 226 g/mol. The summed E-state index contributed by atoms with van der Waals surface area (Å²) >= 11 is 5.86. The molecule has 0 amide bonds. The van der Waals surface area contributed by atoms with Gasteiger partial charge in [-0.1, -0.05) is 30.9 Å². The molecule has 1 aromatic heterocycles. The second-order valence-corrected chi connectivity index (χ2v) is 4.39. The number of ether oxygens (including phenoxy) is 1. The van der Waals surface area contributed by atoms with Gasteiger partial charge in [-0.25, -0.2) is 9.97 Å². The fourth-order valence-electron chi connectivity index (χ4n) is 1.66. The van der Waals surface area contributed by atoms with Crippen molar-refractivity contribution < 1.29 is 4.74 Å². The van der Waals surface area contributed by atoms with E-state index in [0.29, 0.717) is 11.0 Å². The Hall–Kier alpha value is -0.830. The average molecular weight is 227 g/mol. The van der Waals surface area contributed by atoms with E-state index in [9.17, 15) is 0 Å². The predicted octanol–water partition coefficient (Wildman–Crippen LogP) is 3.01. The smallest absolute Gasteiger partial charge is 0.220 e. The molecule has 1 aromatic rings. The number of hydrogen-bond donors (Lipinski definition) is 0. The molecule has 0 radical (unpaired) electrons. The average Bonchev–Trinajstić information content (AvgIpc) is 2.16. The van der Waals surface area contributed by atoms with Gasteiger partial charge in [-0.15, -0.1) is 0 Å². The molecule has 0 aromatic carbocycles. The molecule has 1 aliphatic carbocycles. The SMILES string of the molecule is Cc1c(Cl)ncnc1OCCC1CCC1. The minimum absolute atomic E-state index is 0.476. The van der Waals surface area contributed by atoms with Gasteiger partial charge in [-0.05, 0) is 19.3 Å². The van der Waals surface area contributed by atoms with Gasteiger partial charge in [0, 0.05) is 5.56 Å². The van der Waals surface area contributed by atoms with Gasteiger partial charge >= 0.3 is 0 Å². The quantitative estimate of drug-likeness (QED) is 0.741. The number of nitrogens with zero attached hydrogens (tertiary/aromatic N) is 2. The van der Waals surface area contributed by atoms with Crippen molar-refractivity contribution in [2.45, 2.75) is 32.6 Å². The molecule has 1 heterocycles. The van der Waals surface area contributed by atoms with Crippen molar-refractivity contribution in [3.63, 3.8) is 0 Å². The van der Waals surface area contributed by atoms with Crippen LogP contribution >= 0.6 is 11.6 Å². The van der Waals surface area contributed by atoms with Crippen LogP contribution in [0.3, 0.4) is 0 Å². The van der Waals surface area contributed by atoms with E-state index in [0.717, 1.165) is 24.5 Å². The maximum absolute atomic E-state index is 5.86. The van der Waals surface area contributed by atoms with E-state index < -0.39 is 0 Å². The Morgan fingerprint density at radius 1 is 1.47 bits per heavy atom. The minimum Gasteiger partial charge on any atom is -0.477 e. The highest BCUT2D eigenvalue weighted by molar-refractivity contribution is 6.30. The molecule has 0 aliphatic heterocycles. The van der Waals surface area contributed by atoms with Gasteiger partial charge in [0.1, 0.15) is 11.5 Å². The van der Waals surface area contributed by atoms with E-state index in [-0.39, 0.29) is 0 Å². The van der Waals surface area contributed by atoms with Crippen molar-refractivity contribution in [3.8, 4) is 5.88 Å². The lowest BCUT2D eigenvalue weighted by molar-refractivity contribution is 0.216. The lowest BCUT2D eigenvalue weighted by Gasteiger charge is -2.24. The third kappa shape index (κ3) is 2.59. The first-order valence-electron chi connectivity index (χ1n) is 5.37. The molecular formula is C11H15ClN2O. The molecule has 82 valence electrons. The zero-order valence-electron chi connectivity index (χ0n) is 8.87. The predicted molar refractivity (Wildman–Crippen MR) is 59.2 cm³/mol. The summed E-state index contributed by atoms with van der Waals surface area (Å²) in [6, 6.07) is 0. The van der Waals surface area contributed by atoms with Crippen molar-refractivity contribution >= 4 is 11.6 Å². The first kappa shape index (κ1) is 10.7. The molecular weight excluding hydrogens is 212 g/mol. The molecule has 0 spiro atoms. The summed E-state index contributed by atoms with van der Waals surface area (Å²) in [5.74, 6) is 1.48. The number of halogens is 1. The van der Waals surface area contributed by atoms with Crippen LogP contribution in [0.2, 0.25) is 5.15 Å². The highest BCUT2D eigenvalue weighted by atomic mass is 35.5. The van der Waals surface area contributed by atoms with Gasteiger partial charge in [-0.2, -0.15) is 0 Å². The third-order valence-electron chi connectivity index (χ3n) is 2.97. The fourth-order valence-corrected chi connectivity index (χ4v) is 1.79. The Labute approximate surface area is 94.8 Å². The van der Waals surface area contributed by atoms with Gasteiger partial charge in [0.2, 0.25) is 5.88 Å². The molecule has 0 N–H and O–H groups in total. The summed E-state index contributed by atoms with van der Waals surface area (Å²) in [4.78, 5) is 7.95. The van der Waals surface area contributed by atoms with Crippen LogP contribution in [0, 0.1) is 12.8 Å². The molecule has 1 aliphatic rings. The van der Waals surface area contributed by atoms with Crippen LogP contribution in [0.25, 0.3) is 0 Å². The van der Waals surface area contributed by atoms with Crippen molar-refractivity contribution in [3.05, 3.63) is 17.0 Å². The van der Waals surface area contributed by atoms with E-state index in [1.54, 1.807) is 0 Å². The minimum atomic E-state index is 0.476. The van der Waals surface area contributed by atoms with Gasteiger partial charge in [0.25, 0.3) is 0 Å². The largest absolute Gasteiger partial charge is 0.477 e. The maximum atomic E-state index is 5.86. The Bertz CT molecular complexity index is 339. The maximum Gasteiger partial charge on any atom is 0.220 e. The Morgan fingerprint density at radius 3 is 2.93 bits per heavy atom. The van der Waals surface area contributed by atoms with Crippen LogP contribution in [0.15, 0.2) is 6.33 Å². The van der Waals surface area contributed by atoms with Gasteiger partial charge in [0.15, 0.2) is 0 Å². The molecule has 1 fully saturated rings. The number of hydrogen-bond acceptors (Lipinski definition) is 3. The van der Waals surface area contributed by atoms with E-state index in [1.165, 1.54) is 25.6 Å². The Kier molecular flexibility index (Phi) is 3.41. The highest BCUT2D eigenvalue weighted by Gasteiger charge is 2.17. The molecule has 3 nitrogen and oxygen atoms in total. The number of rotatable bonds is 4. The van der Waals surface area contributed by atoms with Crippen LogP contribution in [-0.4, -0.2) is 16.6 Å². The van der Waals surface area contributed by atoms with Crippen LogP contribution < -0.4 is 4.74 Å². The van der Waals surface area contributed by atoms with Gasteiger partial charge in [0.05, 0.1) is 6.61 Å². The summed E-state index contributed by atoms with van der Waals surface area (Å²) in [7, 11) is 0. The molecule has 1 saturated carbocycles. The Morgan fingerprint density at radius 2 is 2.27 bits per heavy atom. The Balaban J connectivity index is 1.84. The number of aromatic nitrogens is 2. The lowest BCUT2D eigenvalue weighted by Crippen LogP contribution is -2.15. The summed E-state index contributed by atoms with van der Waals surface area (Å²) in [5, 5.41) is 0.476. The standard InChI is InChI=1S/C11H15ClN2O/c1-8-10(12)13-7-14-11(8)15-6-5-9-3-2-4-9/h7,9H,2-6H2,1H3. The molecule has 15 heavy (non-hydrogen) atoms. The van der Waals surface area contributed by atoms with Gasteiger partial charge < -0.3 is 4.74 Å². The summed E-state index contributed by atoms with van der Waals surface area (Å²) in [6.07, 6.45) is 6.65. The summed E-state index contributed by atoms with van der Waals surface area (Å²) in [6.45, 7) is 2.61. The van der Waals surface area contributed by atoms with Crippen molar-refractivity contribution in [2.75, 3.05) is 6.61 Å². The molecule has 0 unspecified atom stereocenters. The first-order valence-corrected chi connectivity index (χ1v) is 5.75. The topological polar surface area (TPSA) is 35.0 Å². The first-order chi connectivity index (χ1) is 7.27. The van der Waals surface area contributed by atoms with Crippen LogP contribution in [0.5, 0.6) is 5.88 Å².